The minimum absolute atomic E-state index is 0.00368. The molecule has 128 valence electrons. The second-order valence-corrected chi connectivity index (χ2v) is 5.76. The van der Waals surface area contributed by atoms with E-state index in [1.54, 1.807) is 30.5 Å². The Hall–Kier alpha value is -2.31. The van der Waals surface area contributed by atoms with Crippen LogP contribution >= 0.6 is 11.6 Å². The van der Waals surface area contributed by atoms with Crippen LogP contribution in [0, 0.1) is 0 Å². The lowest BCUT2D eigenvalue weighted by Gasteiger charge is -2.17. The third-order valence-electron chi connectivity index (χ3n) is 3.62. The maximum atomic E-state index is 12.5. The molecule has 0 saturated carbocycles. The van der Waals surface area contributed by atoms with Crippen molar-refractivity contribution in [1.29, 1.82) is 0 Å². The minimum atomic E-state index is -0.432. The number of aliphatic hydroxyl groups excluding tert-OH is 1. The minimum Gasteiger partial charge on any atom is -0.396 e. The van der Waals surface area contributed by atoms with E-state index in [1.807, 2.05) is 6.92 Å². The predicted octanol–water partition coefficient (Wildman–Crippen LogP) is 3.18. The van der Waals surface area contributed by atoms with Gasteiger partial charge in [-0.2, -0.15) is 0 Å². The van der Waals surface area contributed by atoms with Gasteiger partial charge in [0.1, 0.15) is 0 Å². The van der Waals surface area contributed by atoms with Crippen molar-refractivity contribution in [3.8, 4) is 0 Å². The molecule has 1 heterocycles. The van der Waals surface area contributed by atoms with Gasteiger partial charge in [-0.25, -0.2) is 4.79 Å². The van der Waals surface area contributed by atoms with Gasteiger partial charge in [0.2, 0.25) is 5.78 Å². The molecule has 0 aliphatic rings. The van der Waals surface area contributed by atoms with Gasteiger partial charge in [0.25, 0.3) is 0 Å². The van der Waals surface area contributed by atoms with Gasteiger partial charge in [-0.15, -0.1) is 0 Å². The van der Waals surface area contributed by atoms with Crippen molar-refractivity contribution < 1.29 is 14.7 Å². The van der Waals surface area contributed by atoms with E-state index < -0.39 is 6.03 Å². The van der Waals surface area contributed by atoms with Crippen LogP contribution in [0.2, 0.25) is 5.02 Å². The summed E-state index contributed by atoms with van der Waals surface area (Å²) in [6.07, 6.45) is 2.82. The molecule has 0 radical (unpaired) electrons. The number of aliphatic hydroxyl groups is 1. The van der Waals surface area contributed by atoms with E-state index in [0.29, 0.717) is 34.8 Å². The van der Waals surface area contributed by atoms with Gasteiger partial charge in [0.05, 0.1) is 11.4 Å². The zero-order chi connectivity index (χ0) is 17.5. The number of hydrogen-bond acceptors (Lipinski definition) is 3. The first-order chi connectivity index (χ1) is 11.5. The van der Waals surface area contributed by atoms with E-state index in [9.17, 15) is 9.59 Å². The Labute approximate surface area is 145 Å². The van der Waals surface area contributed by atoms with Crippen LogP contribution in [-0.4, -0.2) is 34.6 Å². The highest BCUT2D eigenvalue weighted by atomic mass is 35.5. The molecule has 0 spiro atoms. The number of H-pyrrole nitrogens is 1. The lowest BCUT2D eigenvalue weighted by atomic mass is 10.1. The molecule has 0 aliphatic carbocycles. The standard InChI is InChI=1S/C17H20ClN3O3/c1-2-12(7-9-22)20-17(24)21-14-6-5-11(18)10-13(14)16(23)15-4-3-8-19-15/h3-6,8,10,12,19,22H,2,7,9H2,1H3,(H2,20,21,24). The Bertz CT molecular complexity index is 701. The number of rotatable bonds is 7. The lowest BCUT2D eigenvalue weighted by Crippen LogP contribution is -2.38. The van der Waals surface area contributed by atoms with Crippen molar-refractivity contribution in [1.82, 2.24) is 10.3 Å². The summed E-state index contributed by atoms with van der Waals surface area (Å²) in [5, 5.41) is 14.8. The van der Waals surface area contributed by atoms with E-state index in [0.717, 1.165) is 0 Å². The average molecular weight is 350 g/mol. The third kappa shape index (κ3) is 4.59. The maximum Gasteiger partial charge on any atom is 0.319 e. The summed E-state index contributed by atoms with van der Waals surface area (Å²) in [7, 11) is 0. The number of carbonyl (C=O) groups excluding carboxylic acids is 2. The SMILES string of the molecule is CCC(CCO)NC(=O)Nc1ccc(Cl)cc1C(=O)c1ccc[nH]1. The lowest BCUT2D eigenvalue weighted by molar-refractivity contribution is 0.103. The molecule has 1 aromatic carbocycles. The zero-order valence-electron chi connectivity index (χ0n) is 13.3. The first-order valence-corrected chi connectivity index (χ1v) is 8.09. The summed E-state index contributed by atoms with van der Waals surface area (Å²) in [5.74, 6) is -0.264. The van der Waals surface area contributed by atoms with Crippen molar-refractivity contribution in [2.75, 3.05) is 11.9 Å². The van der Waals surface area contributed by atoms with Crippen LogP contribution in [0.15, 0.2) is 36.5 Å². The fourth-order valence-electron chi connectivity index (χ4n) is 2.31. The summed E-state index contributed by atoms with van der Waals surface area (Å²) in [6, 6.07) is 7.52. The molecule has 7 heteroatoms. The molecule has 6 nitrogen and oxygen atoms in total. The van der Waals surface area contributed by atoms with Crippen LogP contribution < -0.4 is 10.6 Å². The van der Waals surface area contributed by atoms with Crippen LogP contribution in [0.25, 0.3) is 0 Å². The van der Waals surface area contributed by atoms with Crippen LogP contribution in [0.3, 0.4) is 0 Å². The largest absolute Gasteiger partial charge is 0.396 e. The number of amides is 2. The molecule has 0 bridgehead atoms. The molecule has 4 N–H and O–H groups in total. The topological polar surface area (TPSA) is 94.2 Å². The van der Waals surface area contributed by atoms with Gasteiger partial charge in [-0.3, -0.25) is 4.79 Å². The fourth-order valence-corrected chi connectivity index (χ4v) is 2.48. The summed E-state index contributed by atoms with van der Waals surface area (Å²) in [6.45, 7) is 1.92. The second kappa shape index (κ2) is 8.52. The Morgan fingerprint density at radius 2 is 2.12 bits per heavy atom. The summed E-state index contributed by atoms with van der Waals surface area (Å²) >= 11 is 5.99. The molecule has 1 unspecified atom stereocenters. The first kappa shape index (κ1) is 18.0. The maximum absolute atomic E-state index is 12.5. The molecule has 0 aliphatic heterocycles. The zero-order valence-corrected chi connectivity index (χ0v) is 14.1. The van der Waals surface area contributed by atoms with Gasteiger partial charge in [-0.05, 0) is 43.2 Å². The Morgan fingerprint density at radius 1 is 1.33 bits per heavy atom. The number of ketones is 1. The highest BCUT2D eigenvalue weighted by Gasteiger charge is 2.17. The number of aromatic amines is 1. The molecule has 1 aromatic heterocycles. The van der Waals surface area contributed by atoms with E-state index in [-0.39, 0.29) is 18.4 Å². The molecule has 0 saturated heterocycles. The number of anilines is 1. The quantitative estimate of drug-likeness (QED) is 0.578. The summed E-state index contributed by atoms with van der Waals surface area (Å²) in [5.41, 5.74) is 1.08. The summed E-state index contributed by atoms with van der Waals surface area (Å²) in [4.78, 5) is 27.5. The molecule has 1 atom stereocenters. The van der Waals surface area contributed by atoms with E-state index in [2.05, 4.69) is 15.6 Å². The number of benzene rings is 1. The van der Waals surface area contributed by atoms with Gasteiger partial charge in [-0.1, -0.05) is 18.5 Å². The smallest absolute Gasteiger partial charge is 0.319 e. The van der Waals surface area contributed by atoms with Gasteiger partial charge in [0.15, 0.2) is 0 Å². The molecule has 2 rings (SSSR count). The number of hydrogen-bond donors (Lipinski definition) is 4. The van der Waals surface area contributed by atoms with Gasteiger partial charge in [0, 0.05) is 29.4 Å². The molecule has 2 aromatic rings. The molecular formula is C17H20ClN3O3. The van der Waals surface area contributed by atoms with Crippen LogP contribution in [0.4, 0.5) is 10.5 Å². The van der Waals surface area contributed by atoms with Crippen molar-refractivity contribution >= 4 is 29.1 Å². The third-order valence-corrected chi connectivity index (χ3v) is 3.86. The number of aromatic nitrogens is 1. The van der Waals surface area contributed by atoms with E-state index >= 15 is 0 Å². The number of halogens is 1. The van der Waals surface area contributed by atoms with Crippen molar-refractivity contribution in [3.05, 3.63) is 52.8 Å². The highest BCUT2D eigenvalue weighted by molar-refractivity contribution is 6.31. The summed E-state index contributed by atoms with van der Waals surface area (Å²) < 4.78 is 0. The Kier molecular flexibility index (Phi) is 6.40. The first-order valence-electron chi connectivity index (χ1n) is 7.71. The van der Waals surface area contributed by atoms with Gasteiger partial charge < -0.3 is 20.7 Å². The Morgan fingerprint density at radius 3 is 2.75 bits per heavy atom. The van der Waals surface area contributed by atoms with Crippen molar-refractivity contribution in [2.45, 2.75) is 25.8 Å². The average Bonchev–Trinajstić information content (AvgIpc) is 3.10. The monoisotopic (exact) mass is 349 g/mol. The highest BCUT2D eigenvalue weighted by Crippen LogP contribution is 2.23. The molecule has 2 amide bonds. The van der Waals surface area contributed by atoms with Crippen molar-refractivity contribution in [2.24, 2.45) is 0 Å². The second-order valence-electron chi connectivity index (χ2n) is 5.32. The fraction of sp³-hybridized carbons (Fsp3) is 0.294. The van der Waals surface area contributed by atoms with Crippen LogP contribution in [0.1, 0.15) is 35.8 Å². The van der Waals surface area contributed by atoms with E-state index in [1.165, 1.54) is 6.07 Å². The number of urea groups is 1. The normalized spacial score (nSPS) is 11.8. The predicted molar refractivity (Wildman–Crippen MR) is 93.6 cm³/mol. The number of carbonyl (C=O) groups is 2. The van der Waals surface area contributed by atoms with E-state index in [4.69, 9.17) is 16.7 Å². The molecule has 0 fully saturated rings. The number of nitrogens with one attached hydrogen (secondary N) is 3. The van der Waals surface area contributed by atoms with Crippen LogP contribution in [0.5, 0.6) is 0 Å². The van der Waals surface area contributed by atoms with Crippen molar-refractivity contribution in [3.63, 3.8) is 0 Å². The Balaban J connectivity index is 2.18. The molecular weight excluding hydrogens is 330 g/mol. The van der Waals surface area contributed by atoms with Crippen LogP contribution in [-0.2, 0) is 0 Å². The van der Waals surface area contributed by atoms with Gasteiger partial charge >= 0.3 is 6.03 Å². The molecule has 24 heavy (non-hydrogen) atoms.